The van der Waals surface area contributed by atoms with Gasteiger partial charge in [0.15, 0.2) is 12.2 Å². The third-order valence-electron chi connectivity index (χ3n) is 19.5. The molecule has 100 heavy (non-hydrogen) atoms. The average molecular weight is 1470 g/mol. The van der Waals surface area contributed by atoms with Crippen LogP contribution in [0.15, 0.2) is 0 Å². The fraction of sp³-hybridized carbons (Fsp3) is 0.951. The van der Waals surface area contributed by atoms with E-state index in [0.29, 0.717) is 25.7 Å². The molecule has 0 saturated heterocycles. The number of ether oxygens (including phenoxy) is 4. The number of carbonyl (C=O) groups excluding carboxylic acids is 4. The monoisotopic (exact) mass is 1470 g/mol. The lowest BCUT2D eigenvalue weighted by molar-refractivity contribution is -0.161. The molecule has 594 valence electrons. The fourth-order valence-corrected chi connectivity index (χ4v) is 13.9. The molecule has 0 aromatic heterocycles. The van der Waals surface area contributed by atoms with Crippen LogP contribution in [-0.4, -0.2) is 96.7 Å². The van der Waals surface area contributed by atoms with Crippen molar-refractivity contribution in [2.45, 2.75) is 433 Å². The van der Waals surface area contributed by atoms with E-state index in [1.165, 1.54) is 218 Å². The van der Waals surface area contributed by atoms with E-state index in [9.17, 15) is 43.2 Å². The Morgan fingerprint density at radius 3 is 0.710 bits per heavy atom. The van der Waals surface area contributed by atoms with Crippen molar-refractivity contribution >= 4 is 39.5 Å². The van der Waals surface area contributed by atoms with Gasteiger partial charge in [0.05, 0.1) is 26.4 Å². The molecule has 0 bridgehead atoms. The molecule has 0 aliphatic carbocycles. The summed E-state index contributed by atoms with van der Waals surface area (Å²) in [4.78, 5) is 73.0. The minimum atomic E-state index is -4.96. The highest BCUT2D eigenvalue weighted by Crippen LogP contribution is 2.45. The van der Waals surface area contributed by atoms with Crippen molar-refractivity contribution in [1.82, 2.24) is 0 Å². The molecule has 0 aromatic carbocycles. The normalized spacial score (nSPS) is 14.6. The van der Waals surface area contributed by atoms with Gasteiger partial charge in [-0.1, -0.05) is 364 Å². The first-order valence-electron chi connectivity index (χ1n) is 41.8. The molecule has 0 rings (SSSR count). The van der Waals surface area contributed by atoms with Crippen LogP contribution in [0.4, 0.5) is 0 Å². The number of phosphoric ester groups is 2. The fourth-order valence-electron chi connectivity index (χ4n) is 12.4. The predicted molar refractivity (Wildman–Crippen MR) is 409 cm³/mol. The Hall–Kier alpha value is -1.94. The summed E-state index contributed by atoms with van der Waals surface area (Å²) >= 11 is 0. The van der Waals surface area contributed by atoms with E-state index in [1.54, 1.807) is 0 Å². The second-order valence-electron chi connectivity index (χ2n) is 30.6. The average Bonchev–Trinajstić information content (AvgIpc) is 0.926. The number of unbranched alkanes of at least 4 members (excludes halogenated alkanes) is 42. The van der Waals surface area contributed by atoms with Gasteiger partial charge in [-0.3, -0.25) is 37.3 Å². The Bertz CT molecular complexity index is 1960. The molecule has 0 amide bonds. The van der Waals surface area contributed by atoms with Crippen molar-refractivity contribution < 1.29 is 80.2 Å². The number of hydrogen-bond donors (Lipinski definition) is 3. The van der Waals surface area contributed by atoms with Gasteiger partial charge in [0.25, 0.3) is 0 Å². The number of esters is 4. The van der Waals surface area contributed by atoms with Crippen LogP contribution in [0.25, 0.3) is 0 Å². The zero-order valence-electron chi connectivity index (χ0n) is 65.8. The van der Waals surface area contributed by atoms with Gasteiger partial charge >= 0.3 is 39.5 Å². The summed E-state index contributed by atoms with van der Waals surface area (Å²) in [6, 6.07) is 0. The largest absolute Gasteiger partial charge is 0.472 e. The first-order chi connectivity index (χ1) is 48.2. The zero-order chi connectivity index (χ0) is 73.8. The lowest BCUT2D eigenvalue weighted by Gasteiger charge is -2.21. The summed E-state index contributed by atoms with van der Waals surface area (Å²) in [6.07, 6.45) is 56.8. The highest BCUT2D eigenvalue weighted by molar-refractivity contribution is 7.47. The van der Waals surface area contributed by atoms with Crippen LogP contribution in [0.1, 0.15) is 415 Å². The highest BCUT2D eigenvalue weighted by Gasteiger charge is 2.30. The van der Waals surface area contributed by atoms with E-state index in [-0.39, 0.29) is 25.7 Å². The van der Waals surface area contributed by atoms with Crippen molar-refractivity contribution in [2.75, 3.05) is 39.6 Å². The molecular formula is C81H158O17P2. The number of aliphatic hydroxyl groups is 1. The molecule has 0 fully saturated rings. The van der Waals surface area contributed by atoms with Crippen molar-refractivity contribution in [1.29, 1.82) is 0 Å². The van der Waals surface area contributed by atoms with E-state index in [4.69, 9.17) is 37.0 Å². The van der Waals surface area contributed by atoms with Gasteiger partial charge in [-0.05, 0) is 49.4 Å². The third kappa shape index (κ3) is 71.7. The van der Waals surface area contributed by atoms with Gasteiger partial charge in [0.2, 0.25) is 0 Å². The first-order valence-corrected chi connectivity index (χ1v) is 44.8. The van der Waals surface area contributed by atoms with Crippen LogP contribution in [0.5, 0.6) is 0 Å². The number of phosphoric acid groups is 2. The van der Waals surface area contributed by atoms with Crippen LogP contribution < -0.4 is 0 Å². The molecule has 3 N–H and O–H groups in total. The summed E-state index contributed by atoms with van der Waals surface area (Å²) in [7, 11) is -9.92. The molecule has 0 saturated carbocycles. The summed E-state index contributed by atoms with van der Waals surface area (Å²) in [5, 5.41) is 10.6. The summed E-state index contributed by atoms with van der Waals surface area (Å²) < 4.78 is 68.7. The van der Waals surface area contributed by atoms with E-state index < -0.39 is 97.5 Å². The number of carbonyl (C=O) groups is 4. The number of aliphatic hydroxyl groups excluding tert-OH is 1. The van der Waals surface area contributed by atoms with Crippen LogP contribution >= 0.6 is 15.6 Å². The minimum Gasteiger partial charge on any atom is -0.462 e. The standard InChI is InChI=1S/C81H158O17P2/c1-9-73(7)59-51-43-35-26-21-23-28-37-45-53-61-78(83)91-67-76(97-80(85)63-55-47-39-29-20-18-16-14-12-11-13-15-17-19-25-33-41-49-57-71(3)4)69-95-99(87,88)93-65-75(82)66-94-100(89,90)96-70-77(68-92-79(84)62-54-46-38-32-31-34-42-50-58-72(5)6)98-81(86)64-56-48-40-30-24-22-27-36-44-52-60-74(8)10-2/h71-77,82H,9-70H2,1-8H3,(H,87,88)(H,89,90)/t73?,74?,75?,76-,77-/m1/s1. The lowest BCUT2D eigenvalue weighted by Crippen LogP contribution is -2.30. The van der Waals surface area contributed by atoms with Crippen LogP contribution in [0.2, 0.25) is 0 Å². The molecule has 5 unspecified atom stereocenters. The summed E-state index contributed by atoms with van der Waals surface area (Å²) in [6.45, 7) is 14.3. The minimum absolute atomic E-state index is 0.105. The molecule has 17 nitrogen and oxygen atoms in total. The smallest absolute Gasteiger partial charge is 0.462 e. The molecule has 0 aliphatic rings. The van der Waals surface area contributed by atoms with Crippen LogP contribution in [0.3, 0.4) is 0 Å². The Morgan fingerprint density at radius 2 is 0.480 bits per heavy atom. The predicted octanol–water partition coefficient (Wildman–Crippen LogP) is 24.0. The summed E-state index contributed by atoms with van der Waals surface area (Å²) in [5.41, 5.74) is 0. The van der Waals surface area contributed by atoms with Gasteiger partial charge < -0.3 is 33.8 Å². The molecule has 0 spiro atoms. The maximum absolute atomic E-state index is 13.1. The van der Waals surface area contributed by atoms with Crippen LogP contribution in [-0.2, 0) is 65.4 Å². The van der Waals surface area contributed by atoms with E-state index in [0.717, 1.165) is 114 Å². The van der Waals surface area contributed by atoms with E-state index in [2.05, 4.69) is 55.4 Å². The Kier molecular flexibility index (Phi) is 68.7. The molecule has 0 radical (unpaired) electrons. The Balaban J connectivity index is 5.24. The second-order valence-corrected chi connectivity index (χ2v) is 33.5. The first kappa shape index (κ1) is 98.1. The van der Waals surface area contributed by atoms with Gasteiger partial charge in [-0.2, -0.15) is 0 Å². The second kappa shape index (κ2) is 70.1. The van der Waals surface area contributed by atoms with E-state index in [1.807, 2.05) is 0 Å². The zero-order valence-corrected chi connectivity index (χ0v) is 67.6. The maximum atomic E-state index is 13.1. The molecule has 7 atom stereocenters. The quantitative estimate of drug-likeness (QED) is 0.0222. The SMILES string of the molecule is CCC(C)CCCCCCCCCCCCC(=O)OC[C@H](COP(=O)(O)OCC(O)COP(=O)(O)OC[C@@H](COC(=O)CCCCCCCCCCC(C)C)OC(=O)CCCCCCCCCCCCC(C)CC)OC(=O)CCCCCCCCCCCCCCCCCCCCC(C)C. The molecule has 0 aliphatic heterocycles. The van der Waals surface area contributed by atoms with E-state index >= 15 is 0 Å². The molecule has 0 aromatic rings. The van der Waals surface area contributed by atoms with Crippen molar-refractivity contribution in [2.24, 2.45) is 23.7 Å². The Morgan fingerprint density at radius 1 is 0.280 bits per heavy atom. The molecule has 0 heterocycles. The van der Waals surface area contributed by atoms with Crippen molar-refractivity contribution in [3.05, 3.63) is 0 Å². The van der Waals surface area contributed by atoms with Crippen molar-refractivity contribution in [3.8, 4) is 0 Å². The molecule has 19 heteroatoms. The number of hydrogen-bond acceptors (Lipinski definition) is 15. The highest BCUT2D eigenvalue weighted by atomic mass is 31.2. The summed E-state index contributed by atoms with van der Waals surface area (Å²) in [5.74, 6) is 1.04. The van der Waals surface area contributed by atoms with Gasteiger partial charge in [0, 0.05) is 25.7 Å². The molecular weight excluding hydrogens is 1310 g/mol. The maximum Gasteiger partial charge on any atom is 0.472 e. The van der Waals surface area contributed by atoms with Crippen molar-refractivity contribution in [3.63, 3.8) is 0 Å². The van der Waals surface area contributed by atoms with Crippen LogP contribution in [0, 0.1) is 23.7 Å². The van der Waals surface area contributed by atoms with Gasteiger partial charge in [-0.15, -0.1) is 0 Å². The van der Waals surface area contributed by atoms with Gasteiger partial charge in [0.1, 0.15) is 19.3 Å². The Labute approximate surface area is 613 Å². The van der Waals surface area contributed by atoms with Gasteiger partial charge in [-0.25, -0.2) is 9.13 Å². The lowest BCUT2D eigenvalue weighted by atomic mass is 9.99. The topological polar surface area (TPSA) is 237 Å². The third-order valence-corrected chi connectivity index (χ3v) is 21.4. The number of rotatable bonds is 78.